The summed E-state index contributed by atoms with van der Waals surface area (Å²) in [4.78, 5) is 16.6. The van der Waals surface area contributed by atoms with E-state index in [-0.39, 0.29) is 11.7 Å². The zero-order chi connectivity index (χ0) is 18.5. The summed E-state index contributed by atoms with van der Waals surface area (Å²) >= 11 is 5.93. The maximum atomic E-state index is 12.9. The SMILES string of the molecule is Cc1cc(Cl)ccc1NC(=O)c1cc(NCc2ccc(F)cc2)ccn1. The molecule has 1 heterocycles. The van der Waals surface area contributed by atoms with Gasteiger partial charge in [-0.1, -0.05) is 23.7 Å². The normalized spacial score (nSPS) is 10.4. The molecule has 0 unspecified atom stereocenters. The minimum Gasteiger partial charge on any atom is -0.381 e. The van der Waals surface area contributed by atoms with Crippen LogP contribution in [0.25, 0.3) is 0 Å². The van der Waals surface area contributed by atoms with Gasteiger partial charge in [-0.15, -0.1) is 0 Å². The van der Waals surface area contributed by atoms with Crippen molar-refractivity contribution in [1.82, 2.24) is 4.98 Å². The van der Waals surface area contributed by atoms with Crippen LogP contribution in [0, 0.1) is 12.7 Å². The molecule has 132 valence electrons. The molecule has 0 aliphatic rings. The van der Waals surface area contributed by atoms with Crippen LogP contribution in [0.2, 0.25) is 5.02 Å². The number of amides is 1. The van der Waals surface area contributed by atoms with Crippen LogP contribution in [-0.2, 0) is 6.54 Å². The quantitative estimate of drug-likeness (QED) is 0.662. The molecule has 2 N–H and O–H groups in total. The first kappa shape index (κ1) is 17.9. The minimum atomic E-state index is -0.305. The third-order valence-corrected chi connectivity index (χ3v) is 4.07. The number of benzene rings is 2. The number of hydrogen-bond donors (Lipinski definition) is 2. The lowest BCUT2D eigenvalue weighted by molar-refractivity contribution is 0.102. The van der Waals surface area contributed by atoms with Gasteiger partial charge in [0.25, 0.3) is 5.91 Å². The van der Waals surface area contributed by atoms with Crippen LogP contribution in [0.15, 0.2) is 60.8 Å². The number of aryl methyl sites for hydroxylation is 1. The summed E-state index contributed by atoms with van der Waals surface area (Å²) in [5.41, 5.74) is 3.54. The maximum Gasteiger partial charge on any atom is 0.274 e. The first-order chi connectivity index (χ1) is 12.5. The second-order valence-electron chi connectivity index (χ2n) is 5.82. The monoisotopic (exact) mass is 369 g/mol. The Hall–Kier alpha value is -2.92. The fraction of sp³-hybridized carbons (Fsp3) is 0.100. The molecule has 0 saturated heterocycles. The Morgan fingerprint density at radius 1 is 1.12 bits per heavy atom. The van der Waals surface area contributed by atoms with Gasteiger partial charge in [0.2, 0.25) is 0 Å². The predicted molar refractivity (Wildman–Crippen MR) is 102 cm³/mol. The molecule has 1 aromatic heterocycles. The van der Waals surface area contributed by atoms with Crippen LogP contribution in [0.1, 0.15) is 21.6 Å². The summed E-state index contributed by atoms with van der Waals surface area (Å²) in [6.45, 7) is 2.39. The highest BCUT2D eigenvalue weighted by molar-refractivity contribution is 6.30. The maximum absolute atomic E-state index is 12.9. The number of nitrogens with one attached hydrogen (secondary N) is 2. The van der Waals surface area contributed by atoms with Gasteiger partial charge in [-0.05, 0) is 60.5 Å². The number of anilines is 2. The lowest BCUT2D eigenvalue weighted by Gasteiger charge is -2.10. The molecule has 0 spiro atoms. The van der Waals surface area contributed by atoms with Gasteiger partial charge >= 0.3 is 0 Å². The van der Waals surface area contributed by atoms with Crippen molar-refractivity contribution in [3.8, 4) is 0 Å². The van der Waals surface area contributed by atoms with Crippen molar-refractivity contribution < 1.29 is 9.18 Å². The van der Waals surface area contributed by atoms with Gasteiger partial charge < -0.3 is 10.6 Å². The number of halogens is 2. The Bertz CT molecular complexity index is 929. The van der Waals surface area contributed by atoms with E-state index in [0.29, 0.717) is 22.9 Å². The van der Waals surface area contributed by atoms with E-state index in [2.05, 4.69) is 15.6 Å². The second kappa shape index (κ2) is 7.97. The van der Waals surface area contributed by atoms with Crippen LogP contribution >= 0.6 is 11.6 Å². The van der Waals surface area contributed by atoms with Crippen LogP contribution in [0.5, 0.6) is 0 Å². The minimum absolute atomic E-state index is 0.269. The predicted octanol–water partition coefficient (Wildman–Crippen LogP) is 5.05. The largest absolute Gasteiger partial charge is 0.381 e. The topological polar surface area (TPSA) is 54.0 Å². The Morgan fingerprint density at radius 3 is 2.62 bits per heavy atom. The van der Waals surface area contributed by atoms with Crippen molar-refractivity contribution in [2.24, 2.45) is 0 Å². The average Bonchev–Trinajstić information content (AvgIpc) is 2.64. The highest BCUT2D eigenvalue weighted by Crippen LogP contribution is 2.20. The van der Waals surface area contributed by atoms with E-state index < -0.39 is 0 Å². The number of aromatic nitrogens is 1. The molecule has 0 saturated carbocycles. The van der Waals surface area contributed by atoms with E-state index in [1.165, 1.54) is 12.1 Å². The van der Waals surface area contributed by atoms with Gasteiger partial charge in [-0.2, -0.15) is 0 Å². The zero-order valence-electron chi connectivity index (χ0n) is 14.1. The first-order valence-electron chi connectivity index (χ1n) is 8.03. The van der Waals surface area contributed by atoms with Gasteiger partial charge in [0.05, 0.1) is 0 Å². The van der Waals surface area contributed by atoms with Crippen molar-refractivity contribution in [1.29, 1.82) is 0 Å². The van der Waals surface area contributed by atoms with E-state index >= 15 is 0 Å². The zero-order valence-corrected chi connectivity index (χ0v) is 14.8. The van der Waals surface area contributed by atoms with Gasteiger partial charge in [-0.25, -0.2) is 4.39 Å². The number of carbonyl (C=O) groups excluding carboxylic acids is 1. The van der Waals surface area contributed by atoms with E-state index in [1.807, 2.05) is 6.92 Å². The third kappa shape index (κ3) is 4.58. The van der Waals surface area contributed by atoms with Gasteiger partial charge in [0.1, 0.15) is 11.5 Å². The lowest BCUT2D eigenvalue weighted by Crippen LogP contribution is -2.14. The molecule has 0 aliphatic heterocycles. The van der Waals surface area contributed by atoms with Crippen molar-refractivity contribution in [3.63, 3.8) is 0 Å². The summed E-state index contributed by atoms with van der Waals surface area (Å²) in [6, 6.07) is 14.9. The van der Waals surface area contributed by atoms with Crippen LogP contribution in [0.4, 0.5) is 15.8 Å². The molecule has 2 aromatic carbocycles. The molecule has 3 aromatic rings. The average molecular weight is 370 g/mol. The Labute approximate surface area is 156 Å². The summed E-state index contributed by atoms with van der Waals surface area (Å²) < 4.78 is 12.9. The molecule has 3 rings (SSSR count). The van der Waals surface area contributed by atoms with Gasteiger partial charge in [0.15, 0.2) is 0 Å². The number of nitrogens with zero attached hydrogens (tertiary/aromatic N) is 1. The molecule has 0 radical (unpaired) electrons. The second-order valence-corrected chi connectivity index (χ2v) is 6.26. The molecule has 6 heteroatoms. The summed E-state index contributed by atoms with van der Waals surface area (Å²) in [5, 5.41) is 6.65. The van der Waals surface area contributed by atoms with Crippen LogP contribution < -0.4 is 10.6 Å². The molecular formula is C20H17ClFN3O. The molecule has 0 fully saturated rings. The first-order valence-corrected chi connectivity index (χ1v) is 8.41. The molecule has 0 aliphatic carbocycles. The number of carbonyl (C=O) groups is 1. The summed E-state index contributed by atoms with van der Waals surface area (Å²) in [7, 11) is 0. The Kier molecular flexibility index (Phi) is 5.49. The van der Waals surface area contributed by atoms with E-state index in [0.717, 1.165) is 16.8 Å². The number of pyridine rings is 1. The van der Waals surface area contributed by atoms with E-state index in [9.17, 15) is 9.18 Å². The van der Waals surface area contributed by atoms with Crippen LogP contribution in [0.3, 0.4) is 0 Å². The molecule has 4 nitrogen and oxygen atoms in total. The molecule has 0 bridgehead atoms. The molecule has 1 amide bonds. The van der Waals surface area contributed by atoms with Crippen molar-refractivity contribution in [2.75, 3.05) is 10.6 Å². The summed E-state index contributed by atoms with van der Waals surface area (Å²) in [5.74, 6) is -0.574. The van der Waals surface area contributed by atoms with E-state index in [1.54, 1.807) is 48.7 Å². The highest BCUT2D eigenvalue weighted by atomic mass is 35.5. The van der Waals surface area contributed by atoms with Crippen molar-refractivity contribution in [2.45, 2.75) is 13.5 Å². The van der Waals surface area contributed by atoms with Gasteiger partial charge in [-0.3, -0.25) is 9.78 Å². The Balaban J connectivity index is 1.67. The van der Waals surface area contributed by atoms with Crippen LogP contribution in [-0.4, -0.2) is 10.9 Å². The molecule has 0 atom stereocenters. The fourth-order valence-electron chi connectivity index (χ4n) is 2.42. The Morgan fingerprint density at radius 2 is 1.88 bits per heavy atom. The fourth-order valence-corrected chi connectivity index (χ4v) is 2.65. The number of hydrogen-bond acceptors (Lipinski definition) is 3. The van der Waals surface area contributed by atoms with Gasteiger partial charge in [0, 0.05) is 29.1 Å². The van der Waals surface area contributed by atoms with Crippen molar-refractivity contribution in [3.05, 3.63) is 88.5 Å². The standard InChI is InChI=1S/C20H17ClFN3O/c1-13-10-15(21)4-7-18(13)25-20(26)19-11-17(8-9-23-19)24-12-14-2-5-16(22)6-3-14/h2-11H,12H2,1H3,(H,23,24)(H,25,26). The third-order valence-electron chi connectivity index (χ3n) is 3.84. The smallest absolute Gasteiger partial charge is 0.274 e. The summed E-state index contributed by atoms with van der Waals surface area (Å²) in [6.07, 6.45) is 1.57. The van der Waals surface area contributed by atoms with Crippen molar-refractivity contribution >= 4 is 28.9 Å². The van der Waals surface area contributed by atoms with E-state index in [4.69, 9.17) is 11.6 Å². The molecular weight excluding hydrogens is 353 g/mol. The molecule has 26 heavy (non-hydrogen) atoms. The highest BCUT2D eigenvalue weighted by Gasteiger charge is 2.10. The number of rotatable bonds is 5. The lowest BCUT2D eigenvalue weighted by atomic mass is 10.2.